The zero-order valence-corrected chi connectivity index (χ0v) is 13.5. The summed E-state index contributed by atoms with van der Waals surface area (Å²) in [6.07, 6.45) is 7.12. The van der Waals surface area contributed by atoms with E-state index in [1.165, 1.54) is 14.9 Å². The van der Waals surface area contributed by atoms with E-state index in [0.29, 0.717) is 6.04 Å². The molecule has 2 aromatic heterocycles. The molecule has 0 aromatic carbocycles. The minimum absolute atomic E-state index is 0.538. The molecular weight excluding hydrogens is 320 g/mol. The van der Waals surface area contributed by atoms with E-state index in [0.717, 1.165) is 25.8 Å². The maximum Gasteiger partial charge on any atom is 0.0299 e. The first kappa shape index (κ1) is 14.7. The van der Waals surface area contributed by atoms with Gasteiger partial charge < -0.3 is 5.32 Å². The van der Waals surface area contributed by atoms with Crippen LogP contribution in [0.4, 0.5) is 0 Å². The van der Waals surface area contributed by atoms with Crippen molar-refractivity contribution in [1.82, 2.24) is 10.3 Å². The maximum absolute atomic E-state index is 4.17. The lowest BCUT2D eigenvalue weighted by molar-refractivity contribution is 0.493. The van der Waals surface area contributed by atoms with Gasteiger partial charge in [0.2, 0.25) is 0 Å². The van der Waals surface area contributed by atoms with E-state index >= 15 is 0 Å². The smallest absolute Gasteiger partial charge is 0.0299 e. The highest BCUT2D eigenvalue weighted by atomic mass is 79.9. The third-order valence-electron chi connectivity index (χ3n) is 3.07. The fourth-order valence-corrected chi connectivity index (χ4v) is 3.69. The first-order valence-electron chi connectivity index (χ1n) is 6.63. The summed E-state index contributed by atoms with van der Waals surface area (Å²) in [5, 5.41) is 5.73. The van der Waals surface area contributed by atoms with E-state index in [1.54, 1.807) is 0 Å². The summed E-state index contributed by atoms with van der Waals surface area (Å²) in [5.74, 6) is 0. The van der Waals surface area contributed by atoms with Crippen molar-refractivity contribution >= 4 is 27.3 Å². The zero-order chi connectivity index (χ0) is 13.5. The average molecular weight is 339 g/mol. The van der Waals surface area contributed by atoms with Gasteiger partial charge in [0.15, 0.2) is 0 Å². The quantitative estimate of drug-likeness (QED) is 0.823. The van der Waals surface area contributed by atoms with Crippen LogP contribution >= 0.6 is 27.3 Å². The summed E-state index contributed by atoms with van der Waals surface area (Å²) >= 11 is 5.34. The Morgan fingerprint density at radius 2 is 2.37 bits per heavy atom. The number of nitrogens with one attached hydrogen (secondary N) is 1. The Morgan fingerprint density at radius 1 is 1.47 bits per heavy atom. The molecule has 1 unspecified atom stereocenters. The van der Waals surface area contributed by atoms with E-state index in [2.05, 4.69) is 50.7 Å². The van der Waals surface area contributed by atoms with Crippen LogP contribution in [-0.4, -0.2) is 17.6 Å². The predicted molar refractivity (Wildman–Crippen MR) is 85.7 cm³/mol. The Kier molecular flexibility index (Phi) is 6.01. The van der Waals surface area contributed by atoms with E-state index in [-0.39, 0.29) is 0 Å². The molecule has 0 radical (unpaired) electrons. The highest BCUT2D eigenvalue weighted by Crippen LogP contribution is 2.22. The van der Waals surface area contributed by atoms with Gasteiger partial charge in [0, 0.05) is 33.2 Å². The van der Waals surface area contributed by atoms with Gasteiger partial charge in [-0.25, -0.2) is 0 Å². The number of likely N-dealkylation sites (N-methyl/N-ethyl adjacent to an activating group) is 1. The summed E-state index contributed by atoms with van der Waals surface area (Å²) in [7, 11) is 0. The number of nitrogens with zero attached hydrogens (tertiary/aromatic N) is 1. The van der Waals surface area contributed by atoms with E-state index in [1.807, 2.05) is 29.8 Å². The second-order valence-corrected chi connectivity index (χ2v) is 6.50. The van der Waals surface area contributed by atoms with Gasteiger partial charge in [-0.15, -0.1) is 11.3 Å². The largest absolute Gasteiger partial charge is 0.314 e. The molecule has 0 saturated heterocycles. The lowest BCUT2D eigenvalue weighted by atomic mass is 10.0. The monoisotopic (exact) mass is 338 g/mol. The van der Waals surface area contributed by atoms with Crippen molar-refractivity contribution in [3.05, 3.63) is 50.9 Å². The Morgan fingerprint density at radius 3 is 3.00 bits per heavy atom. The first-order valence-corrected chi connectivity index (χ1v) is 8.30. The number of pyridine rings is 1. The Hall–Kier alpha value is -0.710. The van der Waals surface area contributed by atoms with Gasteiger partial charge >= 0.3 is 0 Å². The minimum Gasteiger partial charge on any atom is -0.314 e. The highest BCUT2D eigenvalue weighted by molar-refractivity contribution is 9.10. The molecule has 2 rings (SSSR count). The van der Waals surface area contributed by atoms with Crippen LogP contribution in [0.1, 0.15) is 23.8 Å². The SMILES string of the molecule is CCNC(CCc1cccnc1)Cc1cc(Br)cs1. The average Bonchev–Trinajstić information content (AvgIpc) is 2.83. The topological polar surface area (TPSA) is 24.9 Å². The lowest BCUT2D eigenvalue weighted by Gasteiger charge is -2.17. The van der Waals surface area contributed by atoms with E-state index in [9.17, 15) is 0 Å². The molecule has 0 spiro atoms. The fraction of sp³-hybridized carbons (Fsp3) is 0.400. The molecule has 0 aliphatic rings. The van der Waals surface area contributed by atoms with Gasteiger partial charge in [-0.2, -0.15) is 0 Å². The van der Waals surface area contributed by atoms with E-state index < -0.39 is 0 Å². The summed E-state index contributed by atoms with van der Waals surface area (Å²) in [5.41, 5.74) is 1.32. The molecule has 1 N–H and O–H groups in total. The van der Waals surface area contributed by atoms with Crippen molar-refractivity contribution < 1.29 is 0 Å². The number of aryl methyl sites for hydroxylation is 1. The van der Waals surface area contributed by atoms with Crippen molar-refractivity contribution in [2.75, 3.05) is 6.54 Å². The molecule has 0 fully saturated rings. The summed E-state index contributed by atoms with van der Waals surface area (Å²) in [4.78, 5) is 5.61. The molecule has 2 heterocycles. The Bertz CT molecular complexity index is 484. The van der Waals surface area contributed by atoms with Crippen LogP contribution in [0.3, 0.4) is 0 Å². The summed E-state index contributed by atoms with van der Waals surface area (Å²) in [6.45, 7) is 3.19. The first-order chi connectivity index (χ1) is 9.28. The van der Waals surface area contributed by atoms with E-state index in [4.69, 9.17) is 0 Å². The zero-order valence-electron chi connectivity index (χ0n) is 11.1. The molecule has 19 heavy (non-hydrogen) atoms. The molecule has 0 amide bonds. The predicted octanol–water partition coefficient (Wildman–Crippen LogP) is 4.06. The maximum atomic E-state index is 4.17. The van der Waals surface area contributed by atoms with Crippen molar-refractivity contribution in [1.29, 1.82) is 0 Å². The van der Waals surface area contributed by atoms with Crippen LogP contribution in [0, 0.1) is 0 Å². The van der Waals surface area contributed by atoms with Crippen LogP contribution < -0.4 is 5.32 Å². The van der Waals surface area contributed by atoms with Gasteiger partial charge in [0.25, 0.3) is 0 Å². The normalized spacial score (nSPS) is 12.5. The van der Waals surface area contributed by atoms with Crippen LogP contribution in [0.15, 0.2) is 40.4 Å². The van der Waals surface area contributed by atoms with Crippen LogP contribution in [0.25, 0.3) is 0 Å². The van der Waals surface area contributed by atoms with Crippen LogP contribution in [0.5, 0.6) is 0 Å². The van der Waals surface area contributed by atoms with Crippen molar-refractivity contribution in [3.8, 4) is 0 Å². The van der Waals surface area contributed by atoms with Gasteiger partial charge in [-0.05, 0) is 59.4 Å². The molecular formula is C15H19BrN2S. The highest BCUT2D eigenvalue weighted by Gasteiger charge is 2.10. The minimum atomic E-state index is 0.538. The number of aromatic nitrogens is 1. The molecule has 1 atom stereocenters. The van der Waals surface area contributed by atoms with Crippen LogP contribution in [-0.2, 0) is 12.8 Å². The Balaban J connectivity index is 1.89. The third-order valence-corrected chi connectivity index (χ3v) is 4.79. The number of rotatable bonds is 7. The molecule has 4 heteroatoms. The van der Waals surface area contributed by atoms with Crippen LogP contribution in [0.2, 0.25) is 0 Å². The molecule has 2 nitrogen and oxygen atoms in total. The fourth-order valence-electron chi connectivity index (χ4n) is 2.16. The molecule has 102 valence electrons. The summed E-state index contributed by atoms with van der Waals surface area (Å²) < 4.78 is 1.19. The van der Waals surface area contributed by atoms with Gasteiger partial charge in [-0.3, -0.25) is 4.98 Å². The second kappa shape index (κ2) is 7.78. The molecule has 2 aromatic rings. The molecule has 0 bridgehead atoms. The number of hydrogen-bond donors (Lipinski definition) is 1. The lowest BCUT2D eigenvalue weighted by Crippen LogP contribution is -2.31. The number of hydrogen-bond acceptors (Lipinski definition) is 3. The summed E-state index contributed by atoms with van der Waals surface area (Å²) in [6, 6.07) is 6.92. The second-order valence-electron chi connectivity index (χ2n) is 4.59. The third kappa shape index (κ3) is 5.05. The number of thiophene rings is 1. The molecule has 0 saturated carbocycles. The van der Waals surface area contributed by atoms with Gasteiger partial charge in [0.1, 0.15) is 0 Å². The van der Waals surface area contributed by atoms with Gasteiger partial charge in [-0.1, -0.05) is 13.0 Å². The number of halogens is 1. The Labute approximate surface area is 127 Å². The van der Waals surface area contributed by atoms with Crippen molar-refractivity contribution in [3.63, 3.8) is 0 Å². The van der Waals surface area contributed by atoms with Crippen molar-refractivity contribution in [2.24, 2.45) is 0 Å². The molecule has 0 aliphatic carbocycles. The standard InChI is InChI=1S/C15H19BrN2S/c1-2-18-14(9-15-8-13(16)11-19-15)6-5-12-4-3-7-17-10-12/h3-4,7-8,10-11,14,18H,2,5-6,9H2,1H3. The molecule has 0 aliphatic heterocycles. The van der Waals surface area contributed by atoms with Crippen molar-refractivity contribution in [2.45, 2.75) is 32.2 Å². The van der Waals surface area contributed by atoms with Gasteiger partial charge in [0.05, 0.1) is 0 Å².